The number of ether oxygens (including phenoxy) is 1. The molecule has 20 heavy (non-hydrogen) atoms. The Kier molecular flexibility index (Phi) is 4.65. The number of carbonyl (C=O) groups is 1. The molecule has 1 aliphatic heterocycles. The van der Waals surface area contributed by atoms with Crippen LogP contribution in [0, 0.1) is 0 Å². The Bertz CT molecular complexity index is 459. The van der Waals surface area contributed by atoms with Crippen LogP contribution in [-0.4, -0.2) is 54.2 Å². The Morgan fingerprint density at radius 2 is 2.00 bits per heavy atom. The molecule has 112 valence electrons. The topological polar surface area (TPSA) is 45.7 Å². The first-order valence-corrected chi connectivity index (χ1v) is 7.92. The van der Waals surface area contributed by atoms with Gasteiger partial charge in [-0.2, -0.15) is 0 Å². The highest BCUT2D eigenvalue weighted by molar-refractivity contribution is 7.13. The van der Waals surface area contributed by atoms with Gasteiger partial charge in [0.1, 0.15) is 0 Å². The van der Waals surface area contributed by atoms with Crippen molar-refractivity contribution >= 4 is 22.4 Å². The minimum Gasteiger partial charge on any atom is -0.461 e. The van der Waals surface area contributed by atoms with Crippen LogP contribution in [0.25, 0.3) is 0 Å². The molecule has 0 N–H and O–H groups in total. The van der Waals surface area contributed by atoms with Crippen LogP contribution in [-0.2, 0) is 4.74 Å². The molecule has 1 saturated heterocycles. The van der Waals surface area contributed by atoms with Crippen molar-refractivity contribution < 1.29 is 9.53 Å². The molecule has 0 bridgehead atoms. The maximum atomic E-state index is 11.6. The molecule has 6 heteroatoms. The predicted octanol–water partition coefficient (Wildman–Crippen LogP) is 2.24. The second-order valence-electron chi connectivity index (χ2n) is 5.88. The molecule has 1 aromatic heterocycles. The quantitative estimate of drug-likeness (QED) is 0.801. The summed E-state index contributed by atoms with van der Waals surface area (Å²) in [6.45, 7) is 12.9. The van der Waals surface area contributed by atoms with Gasteiger partial charge in [0, 0.05) is 37.1 Å². The van der Waals surface area contributed by atoms with Crippen LogP contribution in [0.3, 0.4) is 0 Å². The normalized spacial score (nSPS) is 17.3. The number of aromatic nitrogens is 1. The zero-order valence-corrected chi connectivity index (χ0v) is 13.5. The van der Waals surface area contributed by atoms with Gasteiger partial charge in [0.25, 0.3) is 0 Å². The maximum absolute atomic E-state index is 11.6. The molecule has 0 unspecified atom stereocenters. The van der Waals surface area contributed by atoms with Gasteiger partial charge in [-0.3, -0.25) is 4.90 Å². The summed E-state index contributed by atoms with van der Waals surface area (Å²) in [5.74, 6) is -0.330. The number of hydrogen-bond donors (Lipinski definition) is 0. The zero-order valence-electron chi connectivity index (χ0n) is 12.7. The standard InChI is InChI=1S/C14H23N3O2S/c1-5-19-12(18)11-10-20-13(15-11)16-6-8-17(9-7-16)14(2,3)4/h10H,5-9H2,1-4H3. The van der Waals surface area contributed by atoms with Crippen molar-refractivity contribution in [1.82, 2.24) is 9.88 Å². The summed E-state index contributed by atoms with van der Waals surface area (Å²) in [7, 11) is 0. The molecule has 0 saturated carbocycles. The molecule has 1 aliphatic rings. The Hall–Kier alpha value is -1.14. The van der Waals surface area contributed by atoms with E-state index in [9.17, 15) is 4.79 Å². The summed E-state index contributed by atoms with van der Waals surface area (Å²) in [5.41, 5.74) is 0.635. The average Bonchev–Trinajstić information content (AvgIpc) is 2.88. The maximum Gasteiger partial charge on any atom is 0.357 e. The lowest BCUT2D eigenvalue weighted by atomic mass is 10.1. The molecule has 0 aliphatic carbocycles. The van der Waals surface area contributed by atoms with E-state index in [0.29, 0.717) is 12.3 Å². The van der Waals surface area contributed by atoms with Crippen LogP contribution in [0.4, 0.5) is 5.13 Å². The highest BCUT2D eigenvalue weighted by Crippen LogP contribution is 2.24. The summed E-state index contributed by atoms with van der Waals surface area (Å²) >= 11 is 1.51. The first-order chi connectivity index (χ1) is 9.41. The van der Waals surface area contributed by atoms with E-state index >= 15 is 0 Å². The van der Waals surface area contributed by atoms with Gasteiger partial charge in [-0.05, 0) is 27.7 Å². The number of esters is 1. The third kappa shape index (κ3) is 3.49. The van der Waals surface area contributed by atoms with Crippen LogP contribution < -0.4 is 4.90 Å². The number of hydrogen-bond acceptors (Lipinski definition) is 6. The van der Waals surface area contributed by atoms with E-state index in [-0.39, 0.29) is 11.5 Å². The number of nitrogens with zero attached hydrogens (tertiary/aromatic N) is 3. The highest BCUT2D eigenvalue weighted by atomic mass is 32.1. The van der Waals surface area contributed by atoms with Crippen molar-refractivity contribution in [3.63, 3.8) is 0 Å². The van der Waals surface area contributed by atoms with Gasteiger partial charge in [0.05, 0.1) is 6.61 Å². The van der Waals surface area contributed by atoms with Gasteiger partial charge in [-0.1, -0.05) is 0 Å². The first-order valence-electron chi connectivity index (χ1n) is 7.04. The molecule has 0 radical (unpaired) electrons. The van der Waals surface area contributed by atoms with E-state index in [0.717, 1.165) is 31.3 Å². The van der Waals surface area contributed by atoms with E-state index in [1.807, 2.05) is 0 Å². The summed E-state index contributed by atoms with van der Waals surface area (Å²) in [5, 5.41) is 2.70. The molecular weight excluding hydrogens is 274 g/mol. The molecule has 2 heterocycles. The summed E-state index contributed by atoms with van der Waals surface area (Å²) in [6.07, 6.45) is 0. The third-order valence-electron chi connectivity index (χ3n) is 3.48. The van der Waals surface area contributed by atoms with Gasteiger partial charge in [-0.15, -0.1) is 11.3 Å². The molecule has 0 amide bonds. The highest BCUT2D eigenvalue weighted by Gasteiger charge is 2.27. The smallest absolute Gasteiger partial charge is 0.357 e. The Labute approximate surface area is 124 Å². The van der Waals surface area contributed by atoms with Gasteiger partial charge in [-0.25, -0.2) is 9.78 Å². The fraction of sp³-hybridized carbons (Fsp3) is 0.714. The fourth-order valence-corrected chi connectivity index (χ4v) is 3.13. The molecule has 0 aromatic carbocycles. The van der Waals surface area contributed by atoms with E-state index in [1.54, 1.807) is 12.3 Å². The van der Waals surface area contributed by atoms with Crippen molar-refractivity contribution in [2.24, 2.45) is 0 Å². The average molecular weight is 297 g/mol. The number of rotatable bonds is 3. The van der Waals surface area contributed by atoms with E-state index < -0.39 is 0 Å². The van der Waals surface area contributed by atoms with Crippen LogP contribution in [0.5, 0.6) is 0 Å². The van der Waals surface area contributed by atoms with E-state index in [1.165, 1.54) is 11.3 Å². The number of carbonyl (C=O) groups excluding carboxylic acids is 1. The molecule has 5 nitrogen and oxygen atoms in total. The minimum atomic E-state index is -0.330. The lowest BCUT2D eigenvalue weighted by molar-refractivity contribution is 0.0520. The number of piperazine rings is 1. The van der Waals surface area contributed by atoms with Crippen molar-refractivity contribution in [3.05, 3.63) is 11.1 Å². The molecular formula is C14H23N3O2S. The van der Waals surface area contributed by atoms with Gasteiger partial charge >= 0.3 is 5.97 Å². The third-order valence-corrected chi connectivity index (χ3v) is 4.38. The molecule has 0 spiro atoms. The van der Waals surface area contributed by atoms with Crippen LogP contribution >= 0.6 is 11.3 Å². The zero-order chi connectivity index (χ0) is 14.8. The van der Waals surface area contributed by atoms with Gasteiger partial charge < -0.3 is 9.64 Å². The van der Waals surface area contributed by atoms with E-state index in [2.05, 4.69) is 35.6 Å². The van der Waals surface area contributed by atoms with Gasteiger partial charge in [0.2, 0.25) is 0 Å². The Balaban J connectivity index is 1.96. The fourth-order valence-electron chi connectivity index (χ4n) is 2.28. The minimum absolute atomic E-state index is 0.213. The first kappa shape index (κ1) is 15.3. The van der Waals surface area contributed by atoms with Crippen molar-refractivity contribution in [2.75, 3.05) is 37.7 Å². The van der Waals surface area contributed by atoms with Crippen molar-refractivity contribution in [1.29, 1.82) is 0 Å². The molecule has 2 rings (SSSR count). The Morgan fingerprint density at radius 1 is 1.35 bits per heavy atom. The van der Waals surface area contributed by atoms with Crippen LogP contribution in [0.1, 0.15) is 38.2 Å². The predicted molar refractivity (Wildman–Crippen MR) is 81.6 cm³/mol. The van der Waals surface area contributed by atoms with Crippen molar-refractivity contribution in [2.45, 2.75) is 33.2 Å². The number of thiazole rings is 1. The lowest BCUT2D eigenvalue weighted by Gasteiger charge is -2.42. The molecule has 1 aromatic rings. The summed E-state index contributed by atoms with van der Waals surface area (Å²) in [4.78, 5) is 20.7. The molecule has 0 atom stereocenters. The van der Waals surface area contributed by atoms with Crippen LogP contribution in [0.2, 0.25) is 0 Å². The number of anilines is 1. The monoisotopic (exact) mass is 297 g/mol. The Morgan fingerprint density at radius 3 is 2.55 bits per heavy atom. The second kappa shape index (κ2) is 6.10. The summed E-state index contributed by atoms with van der Waals surface area (Å²) in [6, 6.07) is 0. The second-order valence-corrected chi connectivity index (χ2v) is 6.72. The van der Waals surface area contributed by atoms with Crippen molar-refractivity contribution in [3.8, 4) is 0 Å². The van der Waals surface area contributed by atoms with Gasteiger partial charge in [0.15, 0.2) is 10.8 Å². The van der Waals surface area contributed by atoms with E-state index in [4.69, 9.17) is 4.74 Å². The molecule has 1 fully saturated rings. The lowest BCUT2D eigenvalue weighted by Crippen LogP contribution is -2.53. The SMILES string of the molecule is CCOC(=O)c1csc(N2CCN(C(C)(C)C)CC2)n1. The summed E-state index contributed by atoms with van der Waals surface area (Å²) < 4.78 is 4.97. The largest absolute Gasteiger partial charge is 0.461 e. The van der Waals surface area contributed by atoms with Crippen LogP contribution in [0.15, 0.2) is 5.38 Å².